The summed E-state index contributed by atoms with van der Waals surface area (Å²) in [5.74, 6) is -0.144. The molecule has 2 heterocycles. The predicted octanol–water partition coefficient (Wildman–Crippen LogP) is 0.969. The minimum absolute atomic E-state index is 0.144. The zero-order valence-electron chi connectivity index (χ0n) is 12.0. The maximum Gasteiger partial charge on any atom is 0.283 e. The van der Waals surface area contributed by atoms with Crippen LogP contribution in [0.4, 0.5) is 0 Å². The number of likely N-dealkylation sites (N-methyl/N-ethyl adjacent to an activating group) is 1. The lowest BCUT2D eigenvalue weighted by Gasteiger charge is -2.32. The van der Waals surface area contributed by atoms with Crippen LogP contribution in [-0.4, -0.2) is 59.2 Å². The average molecular weight is 285 g/mol. The van der Waals surface area contributed by atoms with Crippen LogP contribution in [0.25, 0.3) is 11.3 Å². The van der Waals surface area contributed by atoms with Crippen molar-refractivity contribution in [3.63, 3.8) is 0 Å². The summed E-state index contributed by atoms with van der Waals surface area (Å²) in [5, 5.41) is 8.95. The highest BCUT2D eigenvalue weighted by Gasteiger charge is 2.18. The maximum atomic E-state index is 12.2. The van der Waals surface area contributed by atoms with Crippen molar-refractivity contribution in [2.24, 2.45) is 0 Å². The summed E-state index contributed by atoms with van der Waals surface area (Å²) in [4.78, 5) is 14.4. The number of H-pyrrole nitrogens is 1. The van der Waals surface area contributed by atoms with E-state index in [4.69, 9.17) is 0 Å². The predicted molar refractivity (Wildman–Crippen MR) is 80.6 cm³/mol. The number of aromatic amines is 1. The molecule has 1 aliphatic rings. The Morgan fingerprint density at radius 2 is 1.90 bits per heavy atom. The van der Waals surface area contributed by atoms with Crippen LogP contribution in [0.2, 0.25) is 0 Å². The number of piperazine rings is 1. The average Bonchev–Trinajstić information content (AvgIpc) is 3.00. The third kappa shape index (κ3) is 3.29. The Kier molecular flexibility index (Phi) is 3.98. The van der Waals surface area contributed by atoms with Crippen molar-refractivity contribution in [2.45, 2.75) is 0 Å². The van der Waals surface area contributed by atoms with E-state index in [1.165, 1.54) is 0 Å². The highest BCUT2D eigenvalue weighted by molar-refractivity contribution is 5.93. The lowest BCUT2D eigenvalue weighted by atomic mass is 10.1. The fourth-order valence-electron chi connectivity index (χ4n) is 2.32. The van der Waals surface area contributed by atoms with Crippen molar-refractivity contribution in [3.05, 3.63) is 42.1 Å². The summed E-state index contributed by atoms with van der Waals surface area (Å²) < 4.78 is 0. The van der Waals surface area contributed by atoms with E-state index in [0.29, 0.717) is 5.69 Å². The molecule has 0 saturated carbocycles. The van der Waals surface area contributed by atoms with Gasteiger partial charge in [-0.05, 0) is 13.1 Å². The summed E-state index contributed by atoms with van der Waals surface area (Å²) in [7, 11) is 2.08. The molecule has 2 N–H and O–H groups in total. The fourth-order valence-corrected chi connectivity index (χ4v) is 2.32. The Hall–Kier alpha value is -2.18. The maximum absolute atomic E-state index is 12.2. The van der Waals surface area contributed by atoms with E-state index in [2.05, 4.69) is 27.6 Å². The molecule has 21 heavy (non-hydrogen) atoms. The molecule has 1 saturated heterocycles. The number of benzene rings is 1. The van der Waals surface area contributed by atoms with Gasteiger partial charge < -0.3 is 4.90 Å². The molecule has 110 valence electrons. The zero-order valence-corrected chi connectivity index (χ0v) is 12.0. The van der Waals surface area contributed by atoms with Crippen molar-refractivity contribution in [1.29, 1.82) is 0 Å². The quantitative estimate of drug-likeness (QED) is 0.882. The van der Waals surface area contributed by atoms with Crippen LogP contribution in [0.15, 0.2) is 36.4 Å². The molecule has 1 aliphatic heterocycles. The second-order valence-electron chi connectivity index (χ2n) is 5.26. The van der Waals surface area contributed by atoms with Gasteiger partial charge in [-0.3, -0.25) is 15.3 Å². The Morgan fingerprint density at radius 1 is 1.19 bits per heavy atom. The summed E-state index contributed by atoms with van der Waals surface area (Å²) in [5.41, 5.74) is 5.17. The van der Waals surface area contributed by atoms with E-state index in [-0.39, 0.29) is 5.91 Å². The highest BCUT2D eigenvalue weighted by atomic mass is 16.2. The molecule has 0 spiro atoms. The van der Waals surface area contributed by atoms with Crippen LogP contribution in [0.5, 0.6) is 0 Å². The molecule has 2 aromatic rings. The van der Waals surface area contributed by atoms with Crippen LogP contribution in [0.1, 0.15) is 10.5 Å². The molecule has 0 unspecified atom stereocenters. The molecule has 0 atom stereocenters. The summed E-state index contributed by atoms with van der Waals surface area (Å²) >= 11 is 0. The molecule has 1 aromatic heterocycles. The monoisotopic (exact) mass is 285 g/mol. The highest BCUT2D eigenvalue weighted by Crippen LogP contribution is 2.16. The number of nitrogens with one attached hydrogen (secondary N) is 2. The second kappa shape index (κ2) is 6.07. The smallest absolute Gasteiger partial charge is 0.283 e. The van der Waals surface area contributed by atoms with Gasteiger partial charge in [0.25, 0.3) is 5.91 Å². The van der Waals surface area contributed by atoms with Gasteiger partial charge in [0.15, 0.2) is 0 Å². The van der Waals surface area contributed by atoms with Gasteiger partial charge in [-0.2, -0.15) is 5.10 Å². The number of amides is 1. The molecule has 3 rings (SSSR count). The molecule has 1 amide bonds. The van der Waals surface area contributed by atoms with Crippen LogP contribution < -0.4 is 5.43 Å². The van der Waals surface area contributed by atoms with Crippen molar-refractivity contribution >= 4 is 5.91 Å². The van der Waals surface area contributed by atoms with E-state index in [9.17, 15) is 4.79 Å². The van der Waals surface area contributed by atoms with Crippen molar-refractivity contribution in [3.8, 4) is 11.3 Å². The van der Waals surface area contributed by atoms with Crippen LogP contribution >= 0.6 is 0 Å². The Labute approximate surface area is 123 Å². The summed E-state index contributed by atoms with van der Waals surface area (Å²) in [6.45, 7) is 3.58. The van der Waals surface area contributed by atoms with Crippen molar-refractivity contribution in [1.82, 2.24) is 25.5 Å². The zero-order chi connectivity index (χ0) is 14.7. The Balaban J connectivity index is 1.64. The van der Waals surface area contributed by atoms with Gasteiger partial charge in [0.2, 0.25) is 0 Å². The standard InChI is InChI=1S/C15H19N5O/c1-19-7-9-20(10-8-19)18-15(21)14-11-13(16-17-14)12-5-3-2-4-6-12/h2-6,11H,7-10H2,1H3,(H,16,17)(H,18,21). The first kappa shape index (κ1) is 13.8. The first-order valence-electron chi connectivity index (χ1n) is 7.08. The molecule has 0 radical (unpaired) electrons. The largest absolute Gasteiger partial charge is 0.304 e. The van der Waals surface area contributed by atoms with E-state index in [0.717, 1.165) is 37.4 Å². The van der Waals surface area contributed by atoms with Gasteiger partial charge in [0, 0.05) is 31.7 Å². The summed E-state index contributed by atoms with van der Waals surface area (Å²) in [6, 6.07) is 11.6. The molecular formula is C15H19N5O. The lowest BCUT2D eigenvalue weighted by molar-refractivity contribution is 0.0657. The first-order valence-corrected chi connectivity index (χ1v) is 7.08. The molecule has 6 nitrogen and oxygen atoms in total. The van der Waals surface area contributed by atoms with Gasteiger partial charge in [-0.25, -0.2) is 5.01 Å². The lowest BCUT2D eigenvalue weighted by Crippen LogP contribution is -2.52. The normalized spacial score (nSPS) is 16.8. The molecule has 0 bridgehead atoms. The Bertz CT molecular complexity index is 602. The van der Waals surface area contributed by atoms with Crippen molar-refractivity contribution < 1.29 is 4.79 Å². The van der Waals surface area contributed by atoms with E-state index in [1.54, 1.807) is 6.07 Å². The minimum atomic E-state index is -0.144. The SMILES string of the molecule is CN1CCN(NC(=O)c2cc(-c3ccccc3)n[nH]2)CC1. The first-order chi connectivity index (χ1) is 10.2. The number of carbonyl (C=O) groups excluding carboxylic acids is 1. The number of rotatable bonds is 3. The van der Waals surface area contributed by atoms with E-state index < -0.39 is 0 Å². The minimum Gasteiger partial charge on any atom is -0.304 e. The van der Waals surface area contributed by atoms with Crippen LogP contribution in [0, 0.1) is 0 Å². The number of hydrogen-bond donors (Lipinski definition) is 2. The third-order valence-corrected chi connectivity index (χ3v) is 3.65. The molecule has 1 fully saturated rings. The molecular weight excluding hydrogens is 266 g/mol. The van der Waals surface area contributed by atoms with E-state index in [1.807, 2.05) is 35.3 Å². The molecule has 1 aromatic carbocycles. The van der Waals surface area contributed by atoms with Crippen LogP contribution in [-0.2, 0) is 0 Å². The number of hydrogen-bond acceptors (Lipinski definition) is 4. The molecule has 6 heteroatoms. The number of hydrazine groups is 1. The topological polar surface area (TPSA) is 64.3 Å². The Morgan fingerprint density at radius 3 is 2.62 bits per heavy atom. The fraction of sp³-hybridized carbons (Fsp3) is 0.333. The summed E-state index contributed by atoms with van der Waals surface area (Å²) in [6.07, 6.45) is 0. The molecule has 0 aliphatic carbocycles. The number of aromatic nitrogens is 2. The van der Waals surface area contributed by atoms with Gasteiger partial charge in [-0.1, -0.05) is 30.3 Å². The number of nitrogens with zero attached hydrogens (tertiary/aromatic N) is 3. The second-order valence-corrected chi connectivity index (χ2v) is 5.26. The van der Waals surface area contributed by atoms with Crippen molar-refractivity contribution in [2.75, 3.05) is 33.2 Å². The number of carbonyl (C=O) groups is 1. The van der Waals surface area contributed by atoms with Gasteiger partial charge in [0.1, 0.15) is 5.69 Å². The van der Waals surface area contributed by atoms with Gasteiger partial charge >= 0.3 is 0 Å². The van der Waals surface area contributed by atoms with Gasteiger partial charge in [0.05, 0.1) is 5.69 Å². The van der Waals surface area contributed by atoms with Gasteiger partial charge in [-0.15, -0.1) is 0 Å². The third-order valence-electron chi connectivity index (χ3n) is 3.65. The van der Waals surface area contributed by atoms with E-state index >= 15 is 0 Å². The van der Waals surface area contributed by atoms with Crippen LogP contribution in [0.3, 0.4) is 0 Å².